The van der Waals surface area contributed by atoms with Crippen LogP contribution in [0.15, 0.2) is 23.9 Å². The molecule has 0 unspecified atom stereocenters. The van der Waals surface area contributed by atoms with Crippen LogP contribution in [0.3, 0.4) is 0 Å². The summed E-state index contributed by atoms with van der Waals surface area (Å²) in [5.41, 5.74) is 8.90. The smallest absolute Gasteiger partial charge is 0.328 e. The number of nitrogens with one attached hydrogen (secondary N) is 1. The number of benzene rings is 1. The summed E-state index contributed by atoms with van der Waals surface area (Å²) in [6.07, 6.45) is -0.827. The lowest BCUT2D eigenvalue weighted by Crippen LogP contribution is -2.33. The van der Waals surface area contributed by atoms with Crippen molar-refractivity contribution >= 4 is 23.1 Å². The summed E-state index contributed by atoms with van der Waals surface area (Å²) in [4.78, 5) is 22.4. The molecule has 2 aromatic rings. The van der Waals surface area contributed by atoms with Gasteiger partial charge in [-0.15, -0.1) is 0 Å². The normalized spacial score (nSPS) is 18.7. The summed E-state index contributed by atoms with van der Waals surface area (Å²) in [6.45, 7) is 3.96. The van der Waals surface area contributed by atoms with E-state index in [9.17, 15) is 18.0 Å². The number of rotatable bonds is 4. The molecule has 1 aromatic heterocycles. The summed E-state index contributed by atoms with van der Waals surface area (Å²) in [7, 11) is 0. The topological polar surface area (TPSA) is 82.6 Å². The number of hydrogen-bond donors (Lipinski definition) is 1. The fraction of sp³-hybridized carbons (Fsp3) is 0.435. The van der Waals surface area contributed by atoms with E-state index in [2.05, 4.69) is 9.97 Å². The van der Waals surface area contributed by atoms with Crippen molar-refractivity contribution < 1.29 is 27.7 Å². The van der Waals surface area contributed by atoms with Crippen LogP contribution in [0, 0.1) is 19.7 Å². The minimum Gasteiger partial charge on any atom is -0.489 e. The van der Waals surface area contributed by atoms with Crippen LogP contribution in [-0.4, -0.2) is 40.9 Å². The van der Waals surface area contributed by atoms with Crippen molar-refractivity contribution in [2.45, 2.75) is 51.6 Å². The fourth-order valence-electron chi connectivity index (χ4n) is 4.16. The number of hydrogen-bond acceptors (Lipinski definition) is 4. The van der Waals surface area contributed by atoms with E-state index in [-0.39, 0.29) is 50.1 Å². The minimum atomic E-state index is -2.71. The van der Waals surface area contributed by atoms with Gasteiger partial charge >= 0.3 is 5.82 Å². The molecule has 0 spiro atoms. The summed E-state index contributed by atoms with van der Waals surface area (Å²) in [5, 5.41) is 0.525. The molecule has 1 aromatic carbocycles. The van der Waals surface area contributed by atoms with Crippen LogP contribution in [-0.2, 0) is 0 Å². The Labute approximate surface area is 194 Å². The maximum absolute atomic E-state index is 13.9. The second kappa shape index (κ2) is 8.85. The second-order valence-electron chi connectivity index (χ2n) is 8.59. The first-order valence-electron chi connectivity index (χ1n) is 10.7. The molecule has 3 N–H and O–H groups in total. The third-order valence-electron chi connectivity index (χ3n) is 6.04. The molecule has 2 aliphatic rings. The highest BCUT2D eigenvalue weighted by Crippen LogP contribution is 2.36. The van der Waals surface area contributed by atoms with Gasteiger partial charge in [0.05, 0.1) is 30.3 Å². The molecule has 10 heteroatoms. The van der Waals surface area contributed by atoms with E-state index in [0.29, 0.717) is 27.8 Å². The monoisotopic (exact) mass is 481 g/mol. The number of nitrogens with two attached hydrogens (primary N) is 1. The summed E-state index contributed by atoms with van der Waals surface area (Å²) < 4.78 is 46.7. The Morgan fingerprint density at radius 3 is 2.64 bits per heavy atom. The van der Waals surface area contributed by atoms with Crippen molar-refractivity contribution in [3.05, 3.63) is 57.5 Å². The number of aromatic nitrogens is 2. The van der Waals surface area contributed by atoms with E-state index in [1.54, 1.807) is 6.92 Å². The molecule has 1 aliphatic carbocycles. The number of H-pyrrole nitrogens is 1. The molecule has 1 saturated carbocycles. The average molecular weight is 482 g/mol. The number of carbonyl (C=O) groups is 1. The molecular weight excluding hydrogens is 457 g/mol. The number of nitrogens with zero attached hydrogens (tertiary/aromatic N) is 2. The molecule has 1 amide bonds. The number of aryl methyl sites for hydroxylation is 2. The van der Waals surface area contributed by atoms with E-state index >= 15 is 0 Å². The first-order chi connectivity index (χ1) is 15.5. The zero-order valence-corrected chi connectivity index (χ0v) is 19.1. The van der Waals surface area contributed by atoms with Gasteiger partial charge in [-0.2, -0.15) is 0 Å². The van der Waals surface area contributed by atoms with Crippen LogP contribution in [0.4, 0.5) is 13.2 Å². The predicted molar refractivity (Wildman–Crippen MR) is 117 cm³/mol. The largest absolute Gasteiger partial charge is 0.489 e. The SMILES string of the molecule is Cc1nc(C2=C(N)CN(C(=O)c3ccc(F)cc3OC3CCC(F)(F)CC3)C2)[nH+]c(C)c1Cl. The number of ether oxygens (including phenoxy) is 1. The van der Waals surface area contributed by atoms with Gasteiger partial charge in [0.2, 0.25) is 5.92 Å². The highest BCUT2D eigenvalue weighted by atomic mass is 35.5. The minimum absolute atomic E-state index is 0.0464. The molecular formula is C23H25ClF3N4O2+. The maximum Gasteiger partial charge on any atom is 0.328 e. The van der Waals surface area contributed by atoms with E-state index in [4.69, 9.17) is 22.1 Å². The maximum atomic E-state index is 13.9. The quantitative estimate of drug-likeness (QED) is 0.713. The van der Waals surface area contributed by atoms with E-state index in [1.165, 1.54) is 17.0 Å². The standard InChI is InChI=1S/C23H24ClF3N4O2/c1-12-20(24)13(2)30-21(29-12)17-10-31(11-18(17)28)22(32)16-4-3-14(25)9-19(16)33-15-5-7-23(26,27)8-6-15/h3-4,9,15H,5-8,10-11,28H2,1-2H3/p+1. The van der Waals surface area contributed by atoms with Gasteiger partial charge in [-0.05, 0) is 36.9 Å². The molecule has 0 saturated heterocycles. The van der Waals surface area contributed by atoms with Crippen LogP contribution in [0.5, 0.6) is 5.75 Å². The highest BCUT2D eigenvalue weighted by molar-refractivity contribution is 6.31. The van der Waals surface area contributed by atoms with Crippen molar-refractivity contribution in [2.75, 3.05) is 13.1 Å². The Bertz CT molecular complexity index is 1110. The van der Waals surface area contributed by atoms with Crippen LogP contribution in [0.2, 0.25) is 5.02 Å². The van der Waals surface area contributed by atoms with Gasteiger partial charge < -0.3 is 15.4 Å². The van der Waals surface area contributed by atoms with Crippen molar-refractivity contribution in [2.24, 2.45) is 5.73 Å². The van der Waals surface area contributed by atoms with E-state index in [1.807, 2.05) is 6.92 Å². The Kier molecular flexibility index (Phi) is 6.26. The number of aromatic amines is 1. The summed E-state index contributed by atoms with van der Waals surface area (Å²) >= 11 is 6.19. The number of halogens is 4. The first-order valence-corrected chi connectivity index (χ1v) is 11.1. The summed E-state index contributed by atoms with van der Waals surface area (Å²) in [5.74, 6) is -3.11. The fourth-order valence-corrected chi connectivity index (χ4v) is 4.25. The van der Waals surface area contributed by atoms with Crippen molar-refractivity contribution in [3.8, 4) is 5.75 Å². The van der Waals surface area contributed by atoms with Crippen LogP contribution in [0.25, 0.3) is 5.57 Å². The zero-order valence-electron chi connectivity index (χ0n) is 18.4. The first kappa shape index (κ1) is 23.4. The molecule has 1 aliphatic heterocycles. The Balaban J connectivity index is 1.53. The average Bonchev–Trinajstić information content (AvgIpc) is 3.14. The number of amides is 1. The Morgan fingerprint density at radius 2 is 1.97 bits per heavy atom. The lowest BCUT2D eigenvalue weighted by Gasteiger charge is -2.29. The predicted octanol–water partition coefficient (Wildman–Crippen LogP) is 4.09. The number of alkyl halides is 2. The molecule has 2 heterocycles. The molecule has 0 bridgehead atoms. The third kappa shape index (κ3) is 4.93. The zero-order chi connectivity index (χ0) is 23.9. The molecule has 0 radical (unpaired) electrons. The van der Waals surface area contributed by atoms with Crippen LogP contribution >= 0.6 is 11.6 Å². The van der Waals surface area contributed by atoms with Crippen molar-refractivity contribution in [3.63, 3.8) is 0 Å². The van der Waals surface area contributed by atoms with Crippen LogP contribution < -0.4 is 15.5 Å². The highest BCUT2D eigenvalue weighted by Gasteiger charge is 2.37. The van der Waals surface area contributed by atoms with Gasteiger partial charge in [0.1, 0.15) is 22.3 Å². The Morgan fingerprint density at radius 1 is 1.27 bits per heavy atom. The molecule has 4 rings (SSSR count). The van der Waals surface area contributed by atoms with Gasteiger partial charge in [-0.1, -0.05) is 11.6 Å². The molecule has 0 atom stereocenters. The van der Waals surface area contributed by atoms with E-state index in [0.717, 1.165) is 11.8 Å². The molecule has 1 fully saturated rings. The van der Waals surface area contributed by atoms with Crippen molar-refractivity contribution in [1.29, 1.82) is 0 Å². The van der Waals surface area contributed by atoms with Gasteiger partial charge in [0.15, 0.2) is 5.69 Å². The molecule has 33 heavy (non-hydrogen) atoms. The summed E-state index contributed by atoms with van der Waals surface area (Å²) in [6, 6.07) is 3.64. The third-order valence-corrected chi connectivity index (χ3v) is 6.59. The van der Waals surface area contributed by atoms with Crippen molar-refractivity contribution in [1.82, 2.24) is 9.88 Å². The van der Waals surface area contributed by atoms with Gasteiger partial charge in [-0.25, -0.2) is 18.2 Å². The lowest BCUT2D eigenvalue weighted by molar-refractivity contribution is -0.396. The van der Waals surface area contributed by atoms with Gasteiger partial charge in [-0.3, -0.25) is 4.79 Å². The Hall–Kier alpha value is -2.81. The molecule has 6 nitrogen and oxygen atoms in total. The lowest BCUT2D eigenvalue weighted by atomic mass is 9.94. The van der Waals surface area contributed by atoms with Gasteiger partial charge in [0.25, 0.3) is 5.91 Å². The second-order valence-corrected chi connectivity index (χ2v) is 8.97. The van der Waals surface area contributed by atoms with Gasteiger partial charge in [0, 0.05) is 31.5 Å². The molecule has 176 valence electrons. The van der Waals surface area contributed by atoms with Crippen LogP contribution in [0.1, 0.15) is 53.3 Å². The van der Waals surface area contributed by atoms with E-state index < -0.39 is 23.8 Å². The number of carbonyl (C=O) groups excluding carboxylic acids is 1.